The first-order valence-corrected chi connectivity index (χ1v) is 7.78. The van der Waals surface area contributed by atoms with Gasteiger partial charge in [-0.3, -0.25) is 0 Å². The molecule has 1 aliphatic rings. The quantitative estimate of drug-likeness (QED) is 0.578. The minimum atomic E-state index is 0.144. The summed E-state index contributed by atoms with van der Waals surface area (Å²) in [4.78, 5) is 0. The van der Waals surface area contributed by atoms with Crippen molar-refractivity contribution in [1.82, 2.24) is 0 Å². The lowest BCUT2D eigenvalue weighted by Gasteiger charge is -2.41. The van der Waals surface area contributed by atoms with E-state index in [1.54, 1.807) is 0 Å². The fourth-order valence-electron chi connectivity index (χ4n) is 2.38. The monoisotopic (exact) mass is 257 g/mol. The van der Waals surface area contributed by atoms with Crippen LogP contribution in [0.1, 0.15) is 65.2 Å². The van der Waals surface area contributed by atoms with Crippen LogP contribution in [-0.2, 0) is 9.47 Å². The molecule has 3 nitrogen and oxygen atoms in total. The van der Waals surface area contributed by atoms with Gasteiger partial charge in [0.15, 0.2) is 0 Å². The van der Waals surface area contributed by atoms with E-state index >= 15 is 0 Å². The Balaban J connectivity index is 1.95. The SMILES string of the molecule is CCCCCCCCOC1CC(N)C1OCCC. The lowest BCUT2D eigenvalue weighted by atomic mass is 9.86. The molecule has 0 saturated heterocycles. The van der Waals surface area contributed by atoms with Crippen molar-refractivity contribution in [3.8, 4) is 0 Å². The van der Waals surface area contributed by atoms with Crippen molar-refractivity contribution in [3.05, 3.63) is 0 Å². The highest BCUT2D eigenvalue weighted by atomic mass is 16.5. The molecule has 3 atom stereocenters. The number of hydrogen-bond donors (Lipinski definition) is 1. The first kappa shape index (κ1) is 15.9. The predicted molar refractivity (Wildman–Crippen MR) is 75.7 cm³/mol. The Hall–Kier alpha value is -0.120. The number of hydrogen-bond acceptors (Lipinski definition) is 3. The van der Waals surface area contributed by atoms with Gasteiger partial charge in [0.2, 0.25) is 0 Å². The average molecular weight is 257 g/mol. The molecule has 0 aromatic rings. The third kappa shape index (κ3) is 5.68. The van der Waals surface area contributed by atoms with Crippen molar-refractivity contribution in [1.29, 1.82) is 0 Å². The molecule has 0 heterocycles. The lowest BCUT2D eigenvalue weighted by Crippen LogP contribution is -2.58. The summed E-state index contributed by atoms with van der Waals surface area (Å²) in [5, 5.41) is 0. The van der Waals surface area contributed by atoms with E-state index in [-0.39, 0.29) is 18.2 Å². The molecule has 3 unspecified atom stereocenters. The van der Waals surface area contributed by atoms with Gasteiger partial charge < -0.3 is 15.2 Å². The van der Waals surface area contributed by atoms with Crippen LogP contribution in [0.3, 0.4) is 0 Å². The van der Waals surface area contributed by atoms with Gasteiger partial charge in [0, 0.05) is 19.3 Å². The van der Waals surface area contributed by atoms with Crippen molar-refractivity contribution in [2.45, 2.75) is 83.5 Å². The topological polar surface area (TPSA) is 44.5 Å². The number of nitrogens with two attached hydrogens (primary N) is 1. The van der Waals surface area contributed by atoms with Gasteiger partial charge in [-0.2, -0.15) is 0 Å². The Morgan fingerprint density at radius 3 is 2.28 bits per heavy atom. The van der Waals surface area contributed by atoms with E-state index in [9.17, 15) is 0 Å². The largest absolute Gasteiger partial charge is 0.375 e. The van der Waals surface area contributed by atoms with Crippen molar-refractivity contribution < 1.29 is 9.47 Å². The van der Waals surface area contributed by atoms with E-state index in [2.05, 4.69) is 13.8 Å². The van der Waals surface area contributed by atoms with Gasteiger partial charge in [-0.1, -0.05) is 46.0 Å². The first-order chi connectivity index (χ1) is 8.79. The summed E-state index contributed by atoms with van der Waals surface area (Å²) in [6, 6.07) is 0.186. The molecule has 0 spiro atoms. The lowest BCUT2D eigenvalue weighted by molar-refractivity contribution is -0.139. The van der Waals surface area contributed by atoms with Gasteiger partial charge in [-0.15, -0.1) is 0 Å². The van der Waals surface area contributed by atoms with E-state index in [1.165, 1.54) is 38.5 Å². The van der Waals surface area contributed by atoms with Gasteiger partial charge in [0.1, 0.15) is 0 Å². The molecule has 108 valence electrons. The highest BCUT2D eigenvalue weighted by Crippen LogP contribution is 2.26. The van der Waals surface area contributed by atoms with Crippen molar-refractivity contribution in [3.63, 3.8) is 0 Å². The summed E-state index contributed by atoms with van der Waals surface area (Å²) in [6.45, 7) is 6.04. The summed E-state index contributed by atoms with van der Waals surface area (Å²) in [5.74, 6) is 0. The first-order valence-electron chi connectivity index (χ1n) is 7.78. The summed E-state index contributed by atoms with van der Waals surface area (Å²) in [7, 11) is 0. The minimum Gasteiger partial charge on any atom is -0.375 e. The molecule has 3 heteroatoms. The molecule has 1 saturated carbocycles. The predicted octanol–water partition coefficient (Wildman–Crippen LogP) is 3.26. The highest BCUT2D eigenvalue weighted by Gasteiger charge is 2.40. The molecule has 18 heavy (non-hydrogen) atoms. The van der Waals surface area contributed by atoms with E-state index < -0.39 is 0 Å². The average Bonchev–Trinajstić information content (AvgIpc) is 2.36. The smallest absolute Gasteiger partial charge is 0.0988 e. The van der Waals surface area contributed by atoms with Gasteiger partial charge in [0.05, 0.1) is 12.2 Å². The highest BCUT2D eigenvalue weighted by molar-refractivity contribution is 4.95. The Morgan fingerprint density at radius 2 is 1.61 bits per heavy atom. The van der Waals surface area contributed by atoms with Crippen LogP contribution in [0.2, 0.25) is 0 Å². The van der Waals surface area contributed by atoms with E-state index in [0.717, 1.165) is 26.1 Å². The molecule has 2 N–H and O–H groups in total. The maximum atomic E-state index is 5.93. The summed E-state index contributed by atoms with van der Waals surface area (Å²) < 4.78 is 11.6. The zero-order valence-electron chi connectivity index (χ0n) is 12.2. The number of rotatable bonds is 11. The Kier molecular flexibility index (Phi) is 8.64. The van der Waals surface area contributed by atoms with Crippen LogP contribution >= 0.6 is 0 Å². The van der Waals surface area contributed by atoms with Crippen LogP contribution in [0, 0.1) is 0 Å². The van der Waals surface area contributed by atoms with Gasteiger partial charge in [0.25, 0.3) is 0 Å². The van der Waals surface area contributed by atoms with Crippen LogP contribution in [-0.4, -0.2) is 31.5 Å². The minimum absolute atomic E-state index is 0.144. The van der Waals surface area contributed by atoms with Crippen molar-refractivity contribution in [2.75, 3.05) is 13.2 Å². The zero-order valence-corrected chi connectivity index (χ0v) is 12.2. The standard InChI is InChI=1S/C15H31NO2/c1-3-5-6-7-8-9-11-17-14-12-13(16)15(14)18-10-4-2/h13-15H,3-12,16H2,1-2H3. The molecular formula is C15H31NO2. The van der Waals surface area contributed by atoms with E-state index in [4.69, 9.17) is 15.2 Å². The van der Waals surface area contributed by atoms with Gasteiger partial charge >= 0.3 is 0 Å². The molecule has 0 bridgehead atoms. The molecule has 1 fully saturated rings. The summed E-state index contributed by atoms with van der Waals surface area (Å²) in [6.07, 6.45) is 10.3. The Bertz CT molecular complexity index is 199. The van der Waals surface area contributed by atoms with Crippen LogP contribution in [0.4, 0.5) is 0 Å². The van der Waals surface area contributed by atoms with Gasteiger partial charge in [-0.05, 0) is 19.3 Å². The molecule has 1 aliphatic carbocycles. The molecule has 0 amide bonds. The third-order valence-electron chi connectivity index (χ3n) is 3.64. The zero-order chi connectivity index (χ0) is 13.2. The second-order valence-electron chi connectivity index (χ2n) is 5.41. The van der Waals surface area contributed by atoms with E-state index in [0.29, 0.717) is 0 Å². The van der Waals surface area contributed by atoms with Crippen molar-refractivity contribution >= 4 is 0 Å². The third-order valence-corrected chi connectivity index (χ3v) is 3.64. The summed E-state index contributed by atoms with van der Waals surface area (Å²) in [5.41, 5.74) is 5.93. The van der Waals surface area contributed by atoms with Crippen LogP contribution in [0.25, 0.3) is 0 Å². The second kappa shape index (κ2) is 9.76. The fraction of sp³-hybridized carbons (Fsp3) is 1.00. The maximum absolute atomic E-state index is 5.93. The second-order valence-corrected chi connectivity index (χ2v) is 5.41. The molecule has 0 aromatic carbocycles. The van der Waals surface area contributed by atoms with Crippen molar-refractivity contribution in [2.24, 2.45) is 5.73 Å². The number of unbranched alkanes of at least 4 members (excludes halogenated alkanes) is 5. The fourth-order valence-corrected chi connectivity index (χ4v) is 2.38. The van der Waals surface area contributed by atoms with Gasteiger partial charge in [-0.25, -0.2) is 0 Å². The normalized spacial score (nSPS) is 27.2. The van der Waals surface area contributed by atoms with Crippen LogP contribution in [0.15, 0.2) is 0 Å². The molecule has 0 aromatic heterocycles. The molecule has 1 rings (SSSR count). The molecule has 0 radical (unpaired) electrons. The number of ether oxygens (including phenoxy) is 2. The van der Waals surface area contributed by atoms with E-state index in [1.807, 2.05) is 0 Å². The van der Waals surface area contributed by atoms with Crippen LogP contribution in [0.5, 0.6) is 0 Å². The summed E-state index contributed by atoms with van der Waals surface area (Å²) >= 11 is 0. The van der Waals surface area contributed by atoms with Crippen LogP contribution < -0.4 is 5.73 Å². The maximum Gasteiger partial charge on any atom is 0.0988 e. The Morgan fingerprint density at radius 1 is 0.889 bits per heavy atom. The molecule has 0 aliphatic heterocycles. The Labute approximate surface area is 112 Å². The molecular weight excluding hydrogens is 226 g/mol.